The molecule has 0 bridgehead atoms. The molecular weight excluding hydrogens is 530 g/mol. The number of benzene rings is 3. The molecule has 4 aromatic rings. The van der Waals surface area contributed by atoms with E-state index in [0.29, 0.717) is 13.2 Å². The van der Waals surface area contributed by atoms with E-state index in [4.69, 9.17) is 9.31 Å². The standard InChI is InChI=1S/C10H14BO2S.3C6H5.Sn/c1-3-12-11(13-4-2)7-5-10-6-8-14-9-10;3*1-2-4-6-5-3-1;/h6-9H,3-4H2,1-2H3;3*1-5H;. The van der Waals surface area contributed by atoms with Crippen LogP contribution in [0.25, 0.3) is 3.59 Å². The van der Waals surface area contributed by atoms with E-state index in [1.807, 2.05) is 13.8 Å². The van der Waals surface area contributed by atoms with Crippen LogP contribution in [0.1, 0.15) is 19.4 Å². The van der Waals surface area contributed by atoms with Crippen molar-refractivity contribution in [2.75, 3.05) is 13.2 Å². The second-order valence-corrected chi connectivity index (χ2v) is 19.3. The molecule has 0 atom stereocenters. The summed E-state index contributed by atoms with van der Waals surface area (Å²) in [7, 11) is -0.387. The van der Waals surface area contributed by atoms with Crippen molar-refractivity contribution in [3.63, 3.8) is 0 Å². The predicted octanol–water partition coefficient (Wildman–Crippen LogP) is 4.94. The summed E-state index contributed by atoms with van der Waals surface area (Å²) in [6.45, 7) is 5.24. The molecule has 0 aliphatic carbocycles. The second kappa shape index (κ2) is 11.8. The van der Waals surface area contributed by atoms with Gasteiger partial charge in [0.2, 0.25) is 0 Å². The summed E-state index contributed by atoms with van der Waals surface area (Å²) in [5, 5.41) is 4.43. The van der Waals surface area contributed by atoms with E-state index in [9.17, 15) is 0 Å². The quantitative estimate of drug-likeness (QED) is 0.257. The number of rotatable bonds is 10. The average molecular weight is 559 g/mol. The van der Waals surface area contributed by atoms with E-state index in [1.54, 1.807) is 11.3 Å². The van der Waals surface area contributed by atoms with Crippen molar-refractivity contribution in [1.82, 2.24) is 0 Å². The van der Waals surface area contributed by atoms with E-state index in [2.05, 4.69) is 114 Å². The fourth-order valence-corrected chi connectivity index (χ4v) is 19.7. The van der Waals surface area contributed by atoms with Gasteiger partial charge in [0.15, 0.2) is 0 Å². The van der Waals surface area contributed by atoms with Crippen LogP contribution in [-0.4, -0.2) is 38.7 Å². The molecule has 0 fully saturated rings. The summed E-state index contributed by atoms with van der Waals surface area (Å²) in [5.74, 6) is 2.26. The van der Waals surface area contributed by atoms with E-state index < -0.39 is 18.4 Å². The first-order valence-electron chi connectivity index (χ1n) is 11.4. The van der Waals surface area contributed by atoms with Crippen molar-refractivity contribution >= 4 is 51.2 Å². The van der Waals surface area contributed by atoms with Crippen LogP contribution in [0.5, 0.6) is 0 Å². The molecule has 4 rings (SSSR count). The van der Waals surface area contributed by atoms with Crippen molar-refractivity contribution in [2.45, 2.75) is 13.8 Å². The third-order valence-corrected chi connectivity index (χ3v) is 20.4. The Morgan fingerprint density at radius 2 is 1.18 bits per heavy atom. The van der Waals surface area contributed by atoms with Crippen LogP contribution in [0.2, 0.25) is 0 Å². The molecule has 3 aromatic carbocycles. The Hall–Kier alpha value is -2.12. The van der Waals surface area contributed by atoms with Crippen LogP contribution < -0.4 is 10.7 Å². The predicted molar refractivity (Wildman–Crippen MR) is 145 cm³/mol. The normalized spacial score (nSPS) is 12.0. The van der Waals surface area contributed by atoms with Gasteiger partial charge in [0.25, 0.3) is 0 Å². The first kappa shape index (κ1) is 24.0. The molecule has 0 radical (unpaired) electrons. The van der Waals surface area contributed by atoms with Gasteiger partial charge >= 0.3 is 207 Å². The minimum atomic E-state index is -3.76. The zero-order valence-electron chi connectivity index (χ0n) is 19.2. The van der Waals surface area contributed by atoms with E-state index in [0.717, 1.165) is 0 Å². The zero-order valence-corrected chi connectivity index (χ0v) is 22.9. The van der Waals surface area contributed by atoms with Gasteiger partial charge in [-0.3, -0.25) is 0 Å². The molecule has 0 aliphatic heterocycles. The first-order valence-corrected chi connectivity index (χ1v) is 18.1. The molecular formula is C28H29BO2SSn. The van der Waals surface area contributed by atoms with E-state index >= 15 is 0 Å². The van der Waals surface area contributed by atoms with Crippen LogP contribution in [-0.2, 0) is 9.31 Å². The van der Waals surface area contributed by atoms with Crippen LogP contribution in [0, 0.1) is 0 Å². The molecule has 0 spiro atoms. The molecule has 166 valence electrons. The van der Waals surface area contributed by atoms with Crippen molar-refractivity contribution in [3.8, 4) is 0 Å². The Bertz CT molecular complexity index is 1030. The monoisotopic (exact) mass is 560 g/mol. The Morgan fingerprint density at radius 3 is 1.55 bits per heavy atom. The van der Waals surface area contributed by atoms with Crippen LogP contribution in [0.3, 0.4) is 0 Å². The molecule has 1 heterocycles. The SMILES string of the molecule is CCOB(/C=[C](/c1ccsc1)[Sn]([c]1ccccc1)([c]1ccccc1)[c]1ccccc1)OCC. The Balaban J connectivity index is 2.11. The van der Waals surface area contributed by atoms with Crippen LogP contribution in [0.4, 0.5) is 0 Å². The number of hydrogen-bond acceptors (Lipinski definition) is 3. The van der Waals surface area contributed by atoms with Gasteiger partial charge in [0.1, 0.15) is 0 Å². The van der Waals surface area contributed by atoms with Gasteiger partial charge in [-0.2, -0.15) is 0 Å². The summed E-state index contributed by atoms with van der Waals surface area (Å²) >= 11 is -2.03. The van der Waals surface area contributed by atoms with Crippen LogP contribution >= 0.6 is 11.3 Å². The van der Waals surface area contributed by atoms with E-state index in [-0.39, 0.29) is 7.12 Å². The Morgan fingerprint density at radius 1 is 0.727 bits per heavy atom. The summed E-state index contributed by atoms with van der Waals surface area (Å²) < 4.78 is 17.7. The van der Waals surface area contributed by atoms with Crippen molar-refractivity contribution in [1.29, 1.82) is 0 Å². The maximum atomic E-state index is 6.05. The third kappa shape index (κ3) is 5.19. The molecule has 0 unspecified atom stereocenters. The third-order valence-electron chi connectivity index (χ3n) is 5.82. The molecule has 2 nitrogen and oxygen atoms in total. The summed E-state index contributed by atoms with van der Waals surface area (Å²) in [6, 6.07) is 35.4. The topological polar surface area (TPSA) is 18.5 Å². The van der Waals surface area contributed by atoms with Gasteiger partial charge < -0.3 is 0 Å². The van der Waals surface area contributed by atoms with Crippen molar-refractivity contribution < 1.29 is 9.31 Å². The molecule has 0 saturated carbocycles. The second-order valence-electron chi connectivity index (χ2n) is 7.72. The zero-order chi connectivity index (χ0) is 22.9. The molecule has 5 heteroatoms. The van der Waals surface area contributed by atoms with E-state index in [1.165, 1.54) is 19.9 Å². The molecule has 0 aliphatic rings. The van der Waals surface area contributed by atoms with Gasteiger partial charge in [0.05, 0.1) is 0 Å². The molecule has 33 heavy (non-hydrogen) atoms. The number of hydrogen-bond donors (Lipinski definition) is 0. The van der Waals surface area contributed by atoms with Gasteiger partial charge in [-0.05, 0) is 0 Å². The Labute approximate surface area is 205 Å². The number of thiophene rings is 1. The van der Waals surface area contributed by atoms with Gasteiger partial charge in [-0.15, -0.1) is 0 Å². The summed E-state index contributed by atoms with van der Waals surface area (Å²) in [5.41, 5.74) is 1.26. The first-order chi connectivity index (χ1) is 16.3. The van der Waals surface area contributed by atoms with Gasteiger partial charge in [0, 0.05) is 0 Å². The molecule has 1 aromatic heterocycles. The molecule has 0 saturated heterocycles. The van der Waals surface area contributed by atoms with Gasteiger partial charge in [-0.1, -0.05) is 0 Å². The Kier molecular flexibility index (Phi) is 8.62. The fourth-order valence-electron chi connectivity index (χ4n) is 4.50. The van der Waals surface area contributed by atoms with Gasteiger partial charge in [-0.25, -0.2) is 0 Å². The minimum absolute atomic E-state index is 0.387. The maximum absolute atomic E-state index is 6.05. The fraction of sp³-hybridized carbons (Fsp3) is 0.143. The van der Waals surface area contributed by atoms with Crippen molar-refractivity contribution in [3.05, 3.63) is 119 Å². The average Bonchev–Trinajstić information content (AvgIpc) is 3.41. The van der Waals surface area contributed by atoms with Crippen molar-refractivity contribution in [2.24, 2.45) is 0 Å². The summed E-state index contributed by atoms with van der Waals surface area (Å²) in [6.07, 6.45) is 0. The summed E-state index contributed by atoms with van der Waals surface area (Å²) in [4.78, 5) is 0. The van der Waals surface area contributed by atoms with Crippen LogP contribution in [0.15, 0.2) is 114 Å². The molecule has 0 amide bonds. The molecule has 0 N–H and O–H groups in total.